The van der Waals surface area contributed by atoms with Crippen LogP contribution in [0.25, 0.3) is 21.8 Å². The fourth-order valence-corrected chi connectivity index (χ4v) is 12.2. The number of hydrogen-bond donors (Lipinski definition) is 17. The van der Waals surface area contributed by atoms with Crippen LogP contribution in [0.2, 0.25) is 0 Å². The molecule has 0 unspecified atom stereocenters. The number of carbonyl (C=O) groups excluding carboxylic acids is 12. The summed E-state index contributed by atoms with van der Waals surface area (Å²) in [5.41, 5.74) is 21.1. The normalized spacial score (nSPS) is 15.8. The highest BCUT2D eigenvalue weighted by molar-refractivity contribution is 7.80. The number of benzene rings is 4. The predicted octanol–water partition coefficient (Wildman–Crippen LogP) is 0.143. The van der Waals surface area contributed by atoms with Gasteiger partial charge in [-0.25, -0.2) is 0 Å². The van der Waals surface area contributed by atoms with Crippen molar-refractivity contribution in [2.24, 2.45) is 23.1 Å². The first-order valence-corrected chi connectivity index (χ1v) is 34.5. The van der Waals surface area contributed by atoms with Crippen LogP contribution < -0.4 is 65.1 Å². The summed E-state index contributed by atoms with van der Waals surface area (Å²) in [6, 6.07) is 16.8. The van der Waals surface area contributed by atoms with Crippen LogP contribution in [0.3, 0.4) is 0 Å². The van der Waals surface area contributed by atoms with Crippen molar-refractivity contribution in [1.82, 2.24) is 62.7 Å². The fraction of sp³-hybridized carbons (Fsp3) is 0.414. The number of carboxylic acid groups (broad SMARTS) is 1. The molecule has 4 aromatic carbocycles. The van der Waals surface area contributed by atoms with Gasteiger partial charge in [-0.2, -0.15) is 25.3 Å². The van der Waals surface area contributed by atoms with E-state index in [1.165, 1.54) is 11.8 Å². The molecule has 1 aliphatic rings. The molecular formula is C70H89N15O14S2. The number of likely N-dealkylation sites (tertiary alicyclic amines) is 1. The standard InChI is InChI=1S/C70H89N15O14S2/c1-38(2)29-51(79-61(89)49(24-26-58(72)86)78-67(95)56(37-101)83-60(88)46(71)30-40-15-6-4-7-16-40)63(91)80-53(32-42-34-74-47-21-12-10-19-44(42)47)65(93)82-54(33-43-35-75-48-22-13-11-20-45(43)48)69(97)85-28-14-23-57(85)68(96)81-52(31-41-17-8-5-9-18-41)64(92)77-50(25-27-59(73)87)62(90)84-55(36-100)66(94)76-39(3)70(98)99/h4-13,15-22,34-35,38-39,46,49-57,74-75,100-101H,14,23-33,36-37,71H2,1-3H3,(H2,72,86)(H2,73,87)(H,76,94)(H,77,92)(H,78,95)(H,79,89)(H,80,91)(H,81,96)(H,82,93)(H,83,88)(H,84,90)(H,98,99)/t39-,46-,49-,50-,51-,52-,53-,54-,55-,56-,57-/m0/s1. The van der Waals surface area contributed by atoms with Gasteiger partial charge in [-0.05, 0) is 85.8 Å². The molecule has 11 atom stereocenters. The minimum Gasteiger partial charge on any atom is -0.480 e. The topological polar surface area (TPSA) is 463 Å². The van der Waals surface area contributed by atoms with Crippen LogP contribution in [0, 0.1) is 5.92 Å². The highest BCUT2D eigenvalue weighted by atomic mass is 32.1. The summed E-state index contributed by atoms with van der Waals surface area (Å²) in [4.78, 5) is 188. The summed E-state index contributed by atoms with van der Waals surface area (Å²) >= 11 is 8.44. The zero-order chi connectivity index (χ0) is 73.4. The number of nitrogens with two attached hydrogens (primary N) is 3. The van der Waals surface area contributed by atoms with E-state index >= 15 is 14.4 Å². The lowest BCUT2D eigenvalue weighted by Gasteiger charge is -2.31. The lowest BCUT2D eigenvalue weighted by Crippen LogP contribution is -2.61. The predicted molar refractivity (Wildman–Crippen MR) is 382 cm³/mol. The molecule has 0 spiro atoms. The molecular weight excluding hydrogens is 1340 g/mol. The number of hydrogen-bond acceptors (Lipinski definition) is 16. The number of rotatable bonds is 38. The molecule has 1 fully saturated rings. The zero-order valence-electron chi connectivity index (χ0n) is 56.2. The third-order valence-corrected chi connectivity index (χ3v) is 17.9. The molecule has 7 rings (SSSR count). The molecule has 0 saturated carbocycles. The summed E-state index contributed by atoms with van der Waals surface area (Å²) in [6.45, 7) is 4.79. The number of aromatic nitrogens is 2. The molecule has 1 aliphatic heterocycles. The molecule has 0 bridgehead atoms. The number of amides is 12. The Morgan fingerprint density at radius 2 is 0.881 bits per heavy atom. The van der Waals surface area contributed by atoms with Gasteiger partial charge in [0.05, 0.1) is 6.04 Å². The van der Waals surface area contributed by atoms with Crippen molar-refractivity contribution >= 4 is 124 Å². The van der Waals surface area contributed by atoms with E-state index in [1.807, 2.05) is 36.4 Å². The van der Waals surface area contributed by atoms with Gasteiger partial charge in [0.15, 0.2) is 0 Å². The van der Waals surface area contributed by atoms with Crippen LogP contribution in [0.4, 0.5) is 0 Å². The molecule has 6 aromatic rings. The molecule has 31 heteroatoms. The van der Waals surface area contributed by atoms with Gasteiger partial charge in [0, 0.05) is 84.4 Å². The minimum absolute atomic E-state index is 0.00699. The van der Waals surface area contributed by atoms with Gasteiger partial charge in [-0.15, -0.1) is 0 Å². The van der Waals surface area contributed by atoms with Gasteiger partial charge < -0.3 is 85.0 Å². The van der Waals surface area contributed by atoms with E-state index in [0.29, 0.717) is 44.9 Å². The largest absolute Gasteiger partial charge is 0.480 e. The number of nitrogens with one attached hydrogen (secondary N) is 11. The number of aliphatic carboxylic acids is 1. The van der Waals surface area contributed by atoms with Crippen molar-refractivity contribution in [2.45, 2.75) is 158 Å². The molecule has 101 heavy (non-hydrogen) atoms. The average Bonchev–Trinajstić information content (AvgIpc) is 1.70. The van der Waals surface area contributed by atoms with Crippen LogP contribution in [-0.2, 0) is 88.0 Å². The number of primary amides is 2. The van der Waals surface area contributed by atoms with E-state index in [0.717, 1.165) is 5.56 Å². The van der Waals surface area contributed by atoms with E-state index in [1.54, 1.807) is 99.0 Å². The third kappa shape index (κ3) is 22.9. The van der Waals surface area contributed by atoms with Crippen LogP contribution in [0.5, 0.6) is 0 Å². The van der Waals surface area contributed by atoms with Crippen molar-refractivity contribution in [3.63, 3.8) is 0 Å². The number of carbonyl (C=O) groups is 13. The second kappa shape index (κ2) is 37.8. The molecule has 12 amide bonds. The Bertz CT molecular complexity index is 3930. The summed E-state index contributed by atoms with van der Waals surface area (Å²) in [6.07, 6.45) is 1.89. The number of aromatic amines is 2. The second-order valence-corrected chi connectivity index (χ2v) is 26.1. The summed E-state index contributed by atoms with van der Waals surface area (Å²) in [7, 11) is 0. The van der Waals surface area contributed by atoms with Gasteiger partial charge in [0.2, 0.25) is 70.9 Å². The molecule has 1 saturated heterocycles. The van der Waals surface area contributed by atoms with E-state index in [2.05, 4.69) is 83.1 Å². The molecule has 18 N–H and O–H groups in total. The van der Waals surface area contributed by atoms with Crippen LogP contribution in [-0.4, -0.2) is 181 Å². The average molecular weight is 1430 g/mol. The van der Waals surface area contributed by atoms with E-state index in [-0.39, 0.29) is 81.8 Å². The highest BCUT2D eigenvalue weighted by Crippen LogP contribution is 2.25. The number of fused-ring (bicyclic) bond motifs is 2. The van der Waals surface area contributed by atoms with Crippen LogP contribution in [0.1, 0.15) is 88.0 Å². The Morgan fingerprint density at radius 1 is 0.485 bits per heavy atom. The van der Waals surface area contributed by atoms with Gasteiger partial charge in [-0.3, -0.25) is 62.3 Å². The lowest BCUT2D eigenvalue weighted by molar-refractivity contribution is -0.142. The van der Waals surface area contributed by atoms with Gasteiger partial charge in [-0.1, -0.05) is 111 Å². The molecule has 29 nitrogen and oxygen atoms in total. The van der Waals surface area contributed by atoms with Crippen molar-refractivity contribution in [3.8, 4) is 0 Å². The summed E-state index contributed by atoms with van der Waals surface area (Å²) in [5.74, 6) is -12.2. The van der Waals surface area contributed by atoms with Gasteiger partial charge >= 0.3 is 5.97 Å². The van der Waals surface area contributed by atoms with Crippen LogP contribution >= 0.6 is 25.3 Å². The molecule has 540 valence electrons. The number of carboxylic acids is 1. The van der Waals surface area contributed by atoms with Crippen molar-refractivity contribution in [3.05, 3.63) is 144 Å². The Morgan fingerprint density at radius 3 is 1.38 bits per heavy atom. The van der Waals surface area contributed by atoms with Gasteiger partial charge in [0.25, 0.3) is 0 Å². The maximum Gasteiger partial charge on any atom is 0.325 e. The molecule has 2 aromatic heterocycles. The fourth-order valence-electron chi connectivity index (χ4n) is 11.7. The SMILES string of the molecule is CC(C)C[C@H](NC(=O)[C@H](CCC(N)=O)NC(=O)[C@H](CS)NC(=O)[C@@H](N)Cc1ccccc1)C(=O)N[C@@H](Cc1c[nH]c2ccccc12)C(=O)N[C@@H](Cc1c[nH]c2ccccc12)C(=O)N1CCC[C@H]1C(=O)N[C@@H](Cc1ccccc1)C(=O)N[C@@H](CCC(N)=O)C(=O)N[C@@H](CS)C(=O)N[C@@H](C)C(=O)O. The van der Waals surface area contributed by atoms with E-state index < -0.39 is 150 Å². The molecule has 0 aliphatic carbocycles. The maximum absolute atomic E-state index is 15.6. The van der Waals surface area contributed by atoms with E-state index in [9.17, 15) is 53.1 Å². The Balaban J connectivity index is 1.16. The zero-order valence-corrected chi connectivity index (χ0v) is 58.0. The Kier molecular flexibility index (Phi) is 29.2. The number of nitrogens with zero attached hydrogens (tertiary/aromatic N) is 1. The van der Waals surface area contributed by atoms with Crippen LogP contribution in [0.15, 0.2) is 122 Å². The minimum atomic E-state index is -1.54. The Hall–Kier alpha value is -10.3. The quantitative estimate of drug-likeness (QED) is 0.0229. The number of para-hydroxylation sites is 2. The third-order valence-electron chi connectivity index (χ3n) is 17.2. The lowest BCUT2D eigenvalue weighted by atomic mass is 9.99. The number of thiol groups is 2. The van der Waals surface area contributed by atoms with E-state index in [4.69, 9.17) is 17.2 Å². The first-order chi connectivity index (χ1) is 48.2. The second-order valence-electron chi connectivity index (χ2n) is 25.4. The van der Waals surface area contributed by atoms with Crippen molar-refractivity contribution in [1.29, 1.82) is 0 Å². The highest BCUT2D eigenvalue weighted by Gasteiger charge is 2.42. The number of H-pyrrole nitrogens is 2. The smallest absolute Gasteiger partial charge is 0.325 e. The molecule has 0 radical (unpaired) electrons. The maximum atomic E-state index is 15.6. The van der Waals surface area contributed by atoms with Gasteiger partial charge in [0.1, 0.15) is 60.4 Å². The Labute approximate surface area is 594 Å². The molecule has 3 heterocycles. The first kappa shape index (κ1) is 78.1. The first-order valence-electron chi connectivity index (χ1n) is 33.2. The monoisotopic (exact) mass is 1430 g/mol. The van der Waals surface area contributed by atoms with Crippen molar-refractivity contribution in [2.75, 3.05) is 18.1 Å². The van der Waals surface area contributed by atoms with Crippen molar-refractivity contribution < 1.29 is 67.4 Å². The summed E-state index contributed by atoms with van der Waals surface area (Å²) in [5, 5.41) is 34.5. The summed E-state index contributed by atoms with van der Waals surface area (Å²) < 4.78 is 0.